The van der Waals surface area contributed by atoms with Crippen LogP contribution in [0, 0.1) is 6.92 Å². The van der Waals surface area contributed by atoms with E-state index in [0.29, 0.717) is 12.1 Å². The number of rotatable bonds is 6. The maximum atomic E-state index is 4.37. The molecule has 0 saturated carbocycles. The van der Waals surface area contributed by atoms with Crippen LogP contribution in [0.5, 0.6) is 0 Å². The van der Waals surface area contributed by atoms with E-state index in [2.05, 4.69) is 54.9 Å². The fraction of sp³-hybridized carbons (Fsp3) is 0.500. The van der Waals surface area contributed by atoms with E-state index in [4.69, 9.17) is 0 Å². The predicted molar refractivity (Wildman–Crippen MR) is 77.2 cm³/mol. The van der Waals surface area contributed by atoms with Gasteiger partial charge < -0.3 is 5.32 Å². The van der Waals surface area contributed by atoms with Crippen LogP contribution in [0.3, 0.4) is 0 Å². The van der Waals surface area contributed by atoms with Gasteiger partial charge >= 0.3 is 0 Å². The Bertz CT molecular complexity index is 461. The smallest absolute Gasteiger partial charge is 0.0641 e. The first kappa shape index (κ1) is 13.3. The molecule has 98 valence electrons. The highest BCUT2D eigenvalue weighted by Gasteiger charge is 2.13. The van der Waals surface area contributed by atoms with Crippen LogP contribution < -0.4 is 5.32 Å². The van der Waals surface area contributed by atoms with Gasteiger partial charge in [0, 0.05) is 23.7 Å². The van der Waals surface area contributed by atoms with Gasteiger partial charge in [-0.15, -0.1) is 11.3 Å². The number of aryl methyl sites for hydroxylation is 1. The molecule has 4 heteroatoms. The average Bonchev–Trinajstić information content (AvgIpc) is 2.99. The van der Waals surface area contributed by atoms with E-state index in [1.54, 1.807) is 0 Å². The van der Waals surface area contributed by atoms with Gasteiger partial charge in [-0.1, -0.05) is 6.07 Å². The minimum absolute atomic E-state index is 0.377. The van der Waals surface area contributed by atoms with Gasteiger partial charge in [0.1, 0.15) is 0 Å². The first-order valence-electron chi connectivity index (χ1n) is 6.43. The lowest BCUT2D eigenvalue weighted by molar-refractivity contribution is 0.368. The Morgan fingerprint density at radius 2 is 2.28 bits per heavy atom. The molecule has 0 unspecified atom stereocenters. The predicted octanol–water partition coefficient (Wildman–Crippen LogP) is 3.03. The summed E-state index contributed by atoms with van der Waals surface area (Å²) in [6.07, 6.45) is 5.11. The highest BCUT2D eigenvalue weighted by Crippen LogP contribution is 2.12. The third-order valence-corrected chi connectivity index (χ3v) is 4.23. The van der Waals surface area contributed by atoms with E-state index in [-0.39, 0.29) is 0 Å². The van der Waals surface area contributed by atoms with Crippen molar-refractivity contribution in [1.29, 1.82) is 0 Å². The van der Waals surface area contributed by atoms with Gasteiger partial charge in [-0.25, -0.2) is 0 Å². The second-order valence-corrected chi connectivity index (χ2v) is 5.84. The standard InChI is InChI=1S/C14H21N3S/c1-11-9-16-17(10-11)13(3)12(2)15-7-6-14-5-4-8-18-14/h4-5,8-10,12-13,15H,6-7H2,1-3H3/t12-,13+/m1/s1. The molecule has 0 saturated heterocycles. The Hall–Kier alpha value is -1.13. The molecule has 2 atom stereocenters. The van der Waals surface area contributed by atoms with Crippen molar-refractivity contribution in [3.8, 4) is 0 Å². The molecule has 18 heavy (non-hydrogen) atoms. The van der Waals surface area contributed by atoms with E-state index in [1.165, 1.54) is 10.4 Å². The Morgan fingerprint density at radius 1 is 1.44 bits per heavy atom. The molecule has 0 spiro atoms. The van der Waals surface area contributed by atoms with E-state index in [0.717, 1.165) is 13.0 Å². The third kappa shape index (κ3) is 3.43. The second kappa shape index (κ2) is 6.16. The molecular formula is C14H21N3S. The van der Waals surface area contributed by atoms with Gasteiger partial charge in [-0.05, 0) is 44.2 Å². The zero-order valence-electron chi connectivity index (χ0n) is 11.3. The van der Waals surface area contributed by atoms with Crippen molar-refractivity contribution in [3.63, 3.8) is 0 Å². The minimum Gasteiger partial charge on any atom is -0.312 e. The minimum atomic E-state index is 0.377. The molecular weight excluding hydrogens is 242 g/mol. The highest BCUT2D eigenvalue weighted by atomic mass is 32.1. The molecule has 0 fully saturated rings. The largest absolute Gasteiger partial charge is 0.312 e. The number of hydrogen-bond donors (Lipinski definition) is 1. The summed E-state index contributed by atoms with van der Waals surface area (Å²) in [5, 5.41) is 10.1. The van der Waals surface area contributed by atoms with E-state index < -0.39 is 0 Å². The number of nitrogens with one attached hydrogen (secondary N) is 1. The monoisotopic (exact) mass is 263 g/mol. The van der Waals surface area contributed by atoms with Gasteiger partial charge in [0.15, 0.2) is 0 Å². The van der Waals surface area contributed by atoms with Crippen LogP contribution in [0.4, 0.5) is 0 Å². The molecule has 1 N–H and O–H groups in total. The highest BCUT2D eigenvalue weighted by molar-refractivity contribution is 7.09. The molecule has 0 aliphatic rings. The Labute approximate surface area is 113 Å². The summed E-state index contributed by atoms with van der Waals surface area (Å²) < 4.78 is 2.04. The zero-order valence-corrected chi connectivity index (χ0v) is 12.1. The lowest BCUT2D eigenvalue weighted by Gasteiger charge is -2.21. The molecule has 2 aromatic rings. The van der Waals surface area contributed by atoms with Crippen LogP contribution in [0.25, 0.3) is 0 Å². The summed E-state index contributed by atoms with van der Waals surface area (Å²) in [5.74, 6) is 0. The Balaban J connectivity index is 1.79. The molecule has 0 aromatic carbocycles. The van der Waals surface area contributed by atoms with Gasteiger partial charge in [-0.2, -0.15) is 5.10 Å². The molecule has 2 aromatic heterocycles. The maximum Gasteiger partial charge on any atom is 0.0641 e. The SMILES string of the molecule is Cc1cnn([C@@H](C)[C@@H](C)NCCc2cccs2)c1. The van der Waals surface area contributed by atoms with E-state index in [9.17, 15) is 0 Å². The van der Waals surface area contributed by atoms with Crippen LogP contribution in [0.15, 0.2) is 29.9 Å². The molecule has 0 aliphatic carbocycles. The molecule has 0 bridgehead atoms. The van der Waals surface area contributed by atoms with Crippen LogP contribution in [0.2, 0.25) is 0 Å². The van der Waals surface area contributed by atoms with Crippen LogP contribution in [-0.2, 0) is 6.42 Å². The molecule has 0 radical (unpaired) electrons. The third-order valence-electron chi connectivity index (χ3n) is 3.29. The van der Waals surface area contributed by atoms with Crippen LogP contribution in [0.1, 0.15) is 30.3 Å². The van der Waals surface area contributed by atoms with Gasteiger partial charge in [0.25, 0.3) is 0 Å². The van der Waals surface area contributed by atoms with Crippen molar-refractivity contribution < 1.29 is 0 Å². The van der Waals surface area contributed by atoms with Gasteiger partial charge in [-0.3, -0.25) is 4.68 Å². The zero-order chi connectivity index (χ0) is 13.0. The van der Waals surface area contributed by atoms with E-state index in [1.807, 2.05) is 22.2 Å². The first-order chi connectivity index (χ1) is 8.66. The number of nitrogens with zero attached hydrogens (tertiary/aromatic N) is 2. The summed E-state index contributed by atoms with van der Waals surface area (Å²) >= 11 is 1.83. The van der Waals surface area contributed by atoms with E-state index >= 15 is 0 Å². The van der Waals surface area contributed by atoms with Crippen molar-refractivity contribution in [1.82, 2.24) is 15.1 Å². The normalized spacial score (nSPS) is 14.6. The van der Waals surface area contributed by atoms with Crippen LogP contribution >= 0.6 is 11.3 Å². The number of aromatic nitrogens is 2. The Kier molecular flexibility index (Phi) is 4.55. The van der Waals surface area contributed by atoms with Crippen molar-refractivity contribution in [3.05, 3.63) is 40.3 Å². The summed E-state index contributed by atoms with van der Waals surface area (Å²) in [4.78, 5) is 1.44. The fourth-order valence-electron chi connectivity index (χ4n) is 1.93. The molecule has 3 nitrogen and oxygen atoms in total. The topological polar surface area (TPSA) is 29.9 Å². The second-order valence-electron chi connectivity index (χ2n) is 4.81. The van der Waals surface area contributed by atoms with Crippen molar-refractivity contribution in [2.75, 3.05) is 6.54 Å². The summed E-state index contributed by atoms with van der Waals surface area (Å²) in [6.45, 7) is 7.52. The van der Waals surface area contributed by atoms with Gasteiger partial charge in [0.2, 0.25) is 0 Å². The maximum absolute atomic E-state index is 4.37. The summed E-state index contributed by atoms with van der Waals surface area (Å²) in [5.41, 5.74) is 1.22. The Morgan fingerprint density at radius 3 is 2.89 bits per heavy atom. The first-order valence-corrected chi connectivity index (χ1v) is 7.31. The quantitative estimate of drug-likeness (QED) is 0.868. The summed E-state index contributed by atoms with van der Waals surface area (Å²) in [6, 6.07) is 5.10. The molecule has 2 heterocycles. The lowest BCUT2D eigenvalue weighted by atomic mass is 10.1. The summed E-state index contributed by atoms with van der Waals surface area (Å²) in [7, 11) is 0. The van der Waals surface area contributed by atoms with Crippen molar-refractivity contribution >= 4 is 11.3 Å². The molecule has 0 aliphatic heterocycles. The fourth-order valence-corrected chi connectivity index (χ4v) is 2.64. The molecule has 0 amide bonds. The number of thiophene rings is 1. The molecule has 2 rings (SSSR count). The van der Waals surface area contributed by atoms with Crippen molar-refractivity contribution in [2.45, 2.75) is 39.3 Å². The van der Waals surface area contributed by atoms with Crippen LogP contribution in [-0.4, -0.2) is 22.4 Å². The lowest BCUT2D eigenvalue weighted by Crippen LogP contribution is -2.35. The van der Waals surface area contributed by atoms with Gasteiger partial charge in [0.05, 0.1) is 12.2 Å². The average molecular weight is 263 g/mol. The van der Waals surface area contributed by atoms with Crippen molar-refractivity contribution in [2.24, 2.45) is 0 Å². The number of hydrogen-bond acceptors (Lipinski definition) is 3.